The third-order valence-corrected chi connectivity index (χ3v) is 2.47. The lowest BCUT2D eigenvalue weighted by molar-refractivity contribution is 1.73. The van der Waals surface area contributed by atoms with Crippen molar-refractivity contribution in [3.63, 3.8) is 0 Å². The maximum absolute atomic E-state index is 3.10. The first kappa shape index (κ1) is 7.57. The predicted molar refractivity (Wildman–Crippen MR) is 58.0 cm³/mol. The highest BCUT2D eigenvalue weighted by molar-refractivity contribution is 6.07. The molecule has 0 spiro atoms. The summed E-state index contributed by atoms with van der Waals surface area (Å²) in [7, 11) is 0. The summed E-state index contributed by atoms with van der Waals surface area (Å²) in [5.41, 5.74) is 0. The van der Waals surface area contributed by atoms with Gasteiger partial charge in [-0.3, -0.25) is 0 Å². The van der Waals surface area contributed by atoms with E-state index in [-0.39, 0.29) is 0 Å². The molecule has 0 amide bonds. The van der Waals surface area contributed by atoms with Gasteiger partial charge in [0, 0.05) is 0 Å². The van der Waals surface area contributed by atoms with Gasteiger partial charge in [0.05, 0.1) is 0 Å². The van der Waals surface area contributed by atoms with Crippen molar-refractivity contribution >= 4 is 21.5 Å². The Hall–Kier alpha value is -1.82. The Bertz CT molecular complexity index is 539. The van der Waals surface area contributed by atoms with E-state index in [2.05, 4.69) is 36.4 Å². The summed E-state index contributed by atoms with van der Waals surface area (Å²) in [6, 6.07) is 23.3. The molecule has 0 unspecified atom stereocenters. The Morgan fingerprint density at radius 3 is 2.50 bits per heavy atom. The second-order valence-corrected chi connectivity index (χ2v) is 3.29. The largest absolute Gasteiger partial charge is 0.0537 e. The first-order chi connectivity index (χ1) is 6.95. The van der Waals surface area contributed by atoms with Crippen molar-refractivity contribution in [3.05, 3.63) is 60.7 Å². The lowest BCUT2D eigenvalue weighted by atomic mass is 10.0. The van der Waals surface area contributed by atoms with Gasteiger partial charge in [-0.2, -0.15) is 0 Å². The van der Waals surface area contributed by atoms with E-state index in [1.165, 1.54) is 21.5 Å². The molecule has 0 bridgehead atoms. The van der Waals surface area contributed by atoms with Gasteiger partial charge in [0.25, 0.3) is 0 Å². The molecule has 0 aromatic heterocycles. The van der Waals surface area contributed by atoms with Gasteiger partial charge in [0.2, 0.25) is 0 Å². The van der Waals surface area contributed by atoms with Gasteiger partial charge >= 0.3 is 0 Å². The highest BCUT2D eigenvalue weighted by Crippen LogP contribution is 2.23. The molecule has 14 heavy (non-hydrogen) atoms. The maximum atomic E-state index is 3.10. The van der Waals surface area contributed by atoms with Gasteiger partial charge in [-0.15, -0.1) is 0 Å². The summed E-state index contributed by atoms with van der Waals surface area (Å²) in [5.74, 6) is 0. The van der Waals surface area contributed by atoms with Crippen LogP contribution in [0.2, 0.25) is 0 Å². The highest BCUT2D eigenvalue weighted by Gasteiger charge is 1.97. The fourth-order valence-electron chi connectivity index (χ4n) is 1.77. The van der Waals surface area contributed by atoms with E-state index >= 15 is 0 Å². The summed E-state index contributed by atoms with van der Waals surface area (Å²) >= 11 is 0. The minimum absolute atomic E-state index is 1.20. The van der Waals surface area contributed by atoms with Crippen molar-refractivity contribution in [2.45, 2.75) is 0 Å². The van der Waals surface area contributed by atoms with Gasteiger partial charge in [-0.25, -0.2) is 0 Å². The second kappa shape index (κ2) is 2.85. The topological polar surface area (TPSA) is 0 Å². The van der Waals surface area contributed by atoms with Gasteiger partial charge in [0.15, 0.2) is 0 Å². The van der Waals surface area contributed by atoms with Crippen LogP contribution < -0.4 is 0 Å². The predicted octanol–water partition coefficient (Wildman–Crippen LogP) is 3.39. The fraction of sp³-hybridized carbons (Fsp3) is 0. The second-order valence-electron chi connectivity index (χ2n) is 3.29. The third-order valence-electron chi connectivity index (χ3n) is 2.47. The Morgan fingerprint density at radius 2 is 1.50 bits per heavy atom. The van der Waals surface area contributed by atoms with Crippen LogP contribution in [0.15, 0.2) is 42.5 Å². The lowest BCUT2D eigenvalue weighted by Crippen LogP contribution is -1.76. The molecule has 63 valence electrons. The molecule has 3 rings (SSSR count). The zero-order valence-electron chi connectivity index (χ0n) is 7.54. The van der Waals surface area contributed by atoms with Crippen molar-refractivity contribution in [1.29, 1.82) is 0 Å². The van der Waals surface area contributed by atoms with Crippen molar-refractivity contribution in [2.75, 3.05) is 0 Å². The van der Waals surface area contributed by atoms with Crippen molar-refractivity contribution in [3.8, 4) is 0 Å². The molecule has 0 nitrogen and oxygen atoms in total. The third kappa shape index (κ3) is 1.01. The summed E-state index contributed by atoms with van der Waals surface area (Å²) < 4.78 is 0. The van der Waals surface area contributed by atoms with Gasteiger partial charge in [-0.05, 0) is 57.9 Å². The quantitative estimate of drug-likeness (QED) is 0.459. The van der Waals surface area contributed by atoms with Crippen LogP contribution in [-0.2, 0) is 0 Å². The van der Waals surface area contributed by atoms with E-state index in [1.54, 1.807) is 0 Å². The fourth-order valence-corrected chi connectivity index (χ4v) is 1.77. The first-order valence-electron chi connectivity index (χ1n) is 4.55. The van der Waals surface area contributed by atoms with Crippen molar-refractivity contribution in [2.24, 2.45) is 0 Å². The Balaban J connectivity index is 2.61. The molecule has 0 heterocycles. The first-order valence-corrected chi connectivity index (χ1v) is 4.55. The lowest BCUT2D eigenvalue weighted by Gasteiger charge is -2.01. The van der Waals surface area contributed by atoms with Crippen LogP contribution in [0.1, 0.15) is 0 Å². The van der Waals surface area contributed by atoms with E-state index < -0.39 is 0 Å². The van der Waals surface area contributed by atoms with Crippen LogP contribution in [0.25, 0.3) is 21.5 Å². The Morgan fingerprint density at radius 1 is 0.714 bits per heavy atom. The maximum Gasteiger partial charge on any atom is -0.00921 e. The van der Waals surface area contributed by atoms with Gasteiger partial charge < -0.3 is 0 Å². The molecular weight excluding hydrogens is 168 g/mol. The zero-order chi connectivity index (χ0) is 9.38. The number of benzene rings is 3. The van der Waals surface area contributed by atoms with Crippen molar-refractivity contribution in [1.82, 2.24) is 0 Å². The van der Waals surface area contributed by atoms with Crippen LogP contribution in [0.3, 0.4) is 0 Å². The molecule has 0 heteroatoms. The molecule has 3 radical (unpaired) electrons. The zero-order valence-corrected chi connectivity index (χ0v) is 7.54. The molecule has 0 aliphatic rings. The van der Waals surface area contributed by atoms with E-state index in [0.717, 1.165) is 0 Å². The molecule has 0 fully saturated rings. The number of rotatable bonds is 0. The average molecular weight is 175 g/mol. The normalized spacial score (nSPS) is 10.9. The van der Waals surface area contributed by atoms with Gasteiger partial charge in [-0.1, -0.05) is 24.3 Å². The molecule has 0 saturated carbocycles. The molecule has 0 N–H and O–H groups in total. The van der Waals surface area contributed by atoms with Crippen LogP contribution in [0.4, 0.5) is 0 Å². The van der Waals surface area contributed by atoms with E-state index in [9.17, 15) is 0 Å². The number of fused-ring (bicyclic) bond motifs is 3. The minimum Gasteiger partial charge on any atom is -0.0537 e. The van der Waals surface area contributed by atoms with Crippen LogP contribution in [-0.4, -0.2) is 0 Å². The molecular formula is C14H7. The van der Waals surface area contributed by atoms with E-state index in [4.69, 9.17) is 0 Å². The number of hydrogen-bond acceptors (Lipinski definition) is 0. The smallest absolute Gasteiger partial charge is 0.00921 e. The molecule has 0 aliphatic carbocycles. The molecule has 0 atom stereocenters. The number of hydrogen-bond donors (Lipinski definition) is 0. The standard InChI is InChI=1S/C14H7/c1-3-7-13-11(5-1)9-10-12-6-2-4-8-14(12)13/h1,5-10H. The van der Waals surface area contributed by atoms with Gasteiger partial charge in [0.1, 0.15) is 0 Å². The average Bonchev–Trinajstić information content (AvgIpc) is 2.29. The molecule has 3 aromatic carbocycles. The summed E-state index contributed by atoms with van der Waals surface area (Å²) in [5, 5.41) is 4.90. The highest BCUT2D eigenvalue weighted by atomic mass is 14.0. The summed E-state index contributed by atoms with van der Waals surface area (Å²) in [4.78, 5) is 0. The monoisotopic (exact) mass is 175 g/mol. The SMILES string of the molecule is [c]1[c]cc2c(c1)ccc1cc[c]cc12. The van der Waals surface area contributed by atoms with Crippen LogP contribution in [0.5, 0.6) is 0 Å². The minimum atomic E-state index is 1.20. The molecule has 3 aromatic rings. The molecule has 0 saturated heterocycles. The summed E-state index contributed by atoms with van der Waals surface area (Å²) in [6.07, 6.45) is 0. The van der Waals surface area contributed by atoms with E-state index in [0.29, 0.717) is 0 Å². The van der Waals surface area contributed by atoms with E-state index in [1.807, 2.05) is 24.3 Å². The van der Waals surface area contributed by atoms with Crippen molar-refractivity contribution < 1.29 is 0 Å². The van der Waals surface area contributed by atoms with Crippen LogP contribution in [0, 0.1) is 18.2 Å². The Labute approximate surface area is 82.8 Å². The molecule has 0 aliphatic heterocycles. The van der Waals surface area contributed by atoms with Crippen LogP contribution >= 0.6 is 0 Å². The Kier molecular flexibility index (Phi) is 1.54. The summed E-state index contributed by atoms with van der Waals surface area (Å²) in [6.45, 7) is 0.